The van der Waals surface area contributed by atoms with Gasteiger partial charge in [-0.15, -0.1) is 18.9 Å². The van der Waals surface area contributed by atoms with E-state index in [9.17, 15) is 19.2 Å². The van der Waals surface area contributed by atoms with Gasteiger partial charge < -0.3 is 20.9 Å². The van der Waals surface area contributed by atoms with Crippen LogP contribution < -0.4 is 16.0 Å². The molecule has 8 nitrogen and oxygen atoms in total. The third kappa shape index (κ3) is 6.22. The SMILES string of the molecule is C#CCCC(NC(=O)C1C(C)CCN1C(=O)CNC)C(=O)C(=O)NCC=C. The molecule has 0 saturated carbocycles. The molecule has 3 unspecified atom stereocenters. The number of hydrogen-bond acceptors (Lipinski definition) is 5. The van der Waals surface area contributed by atoms with Crippen molar-refractivity contribution in [2.24, 2.45) is 5.92 Å². The van der Waals surface area contributed by atoms with E-state index in [1.54, 1.807) is 7.05 Å². The zero-order valence-electron chi connectivity index (χ0n) is 15.9. The number of likely N-dealkylation sites (tertiary alicyclic amines) is 1. The summed E-state index contributed by atoms with van der Waals surface area (Å²) in [6.07, 6.45) is 7.77. The number of rotatable bonds is 10. The Morgan fingerprint density at radius 2 is 2.07 bits per heavy atom. The Balaban J connectivity index is 2.89. The van der Waals surface area contributed by atoms with Crippen LogP contribution in [-0.2, 0) is 19.2 Å². The van der Waals surface area contributed by atoms with E-state index in [2.05, 4.69) is 28.4 Å². The molecule has 1 heterocycles. The molecule has 0 radical (unpaired) electrons. The smallest absolute Gasteiger partial charge is 0.289 e. The van der Waals surface area contributed by atoms with Gasteiger partial charge in [0.1, 0.15) is 6.04 Å². The van der Waals surface area contributed by atoms with E-state index in [-0.39, 0.29) is 37.8 Å². The zero-order valence-corrected chi connectivity index (χ0v) is 15.9. The Labute approximate surface area is 160 Å². The summed E-state index contributed by atoms with van der Waals surface area (Å²) >= 11 is 0. The minimum Gasteiger partial charge on any atom is -0.346 e. The number of carbonyl (C=O) groups is 4. The van der Waals surface area contributed by atoms with Gasteiger partial charge in [-0.25, -0.2) is 0 Å². The van der Waals surface area contributed by atoms with Crippen LogP contribution in [0.5, 0.6) is 0 Å². The van der Waals surface area contributed by atoms with Crippen LogP contribution in [0.15, 0.2) is 12.7 Å². The first kappa shape index (κ1) is 22.4. The average molecular weight is 376 g/mol. The number of ketones is 1. The van der Waals surface area contributed by atoms with Gasteiger partial charge in [-0.3, -0.25) is 19.2 Å². The molecule has 1 saturated heterocycles. The molecule has 3 atom stereocenters. The van der Waals surface area contributed by atoms with Gasteiger partial charge in [0.2, 0.25) is 17.6 Å². The van der Waals surface area contributed by atoms with Gasteiger partial charge in [-0.2, -0.15) is 0 Å². The molecule has 8 heteroatoms. The minimum atomic E-state index is -1.03. The summed E-state index contributed by atoms with van der Waals surface area (Å²) in [6, 6.07) is -1.71. The molecule has 148 valence electrons. The molecule has 3 amide bonds. The molecule has 1 aliphatic rings. The molecule has 0 aromatic rings. The number of terminal acetylenes is 1. The summed E-state index contributed by atoms with van der Waals surface area (Å²) in [4.78, 5) is 50.9. The van der Waals surface area contributed by atoms with Gasteiger partial charge in [-0.1, -0.05) is 13.0 Å². The van der Waals surface area contributed by atoms with Gasteiger partial charge in [-0.05, 0) is 25.8 Å². The fraction of sp³-hybridized carbons (Fsp3) is 0.579. The molecule has 3 N–H and O–H groups in total. The van der Waals surface area contributed by atoms with Gasteiger partial charge in [0.05, 0.1) is 12.6 Å². The second-order valence-electron chi connectivity index (χ2n) is 6.50. The first-order chi connectivity index (χ1) is 12.9. The molecular formula is C19H28N4O4. The Morgan fingerprint density at radius 3 is 2.67 bits per heavy atom. The van der Waals surface area contributed by atoms with Crippen LogP contribution in [0.3, 0.4) is 0 Å². The van der Waals surface area contributed by atoms with E-state index in [0.717, 1.165) is 0 Å². The van der Waals surface area contributed by atoms with Crippen molar-refractivity contribution in [1.29, 1.82) is 0 Å². The Morgan fingerprint density at radius 1 is 1.37 bits per heavy atom. The van der Waals surface area contributed by atoms with Crippen LogP contribution in [-0.4, -0.2) is 67.2 Å². The number of likely N-dealkylation sites (N-methyl/N-ethyl adjacent to an activating group) is 1. The predicted molar refractivity (Wildman–Crippen MR) is 101 cm³/mol. The van der Waals surface area contributed by atoms with Gasteiger partial charge >= 0.3 is 0 Å². The maximum atomic E-state index is 12.8. The summed E-state index contributed by atoms with van der Waals surface area (Å²) < 4.78 is 0. The Hall–Kier alpha value is -2.66. The van der Waals surface area contributed by atoms with Crippen molar-refractivity contribution >= 4 is 23.5 Å². The second-order valence-corrected chi connectivity index (χ2v) is 6.50. The van der Waals surface area contributed by atoms with Crippen LogP contribution >= 0.6 is 0 Å². The van der Waals surface area contributed by atoms with Crippen molar-refractivity contribution in [1.82, 2.24) is 20.9 Å². The van der Waals surface area contributed by atoms with Crippen molar-refractivity contribution in [2.75, 3.05) is 26.7 Å². The van der Waals surface area contributed by atoms with Gasteiger partial charge in [0, 0.05) is 19.5 Å². The molecule has 0 bridgehead atoms. The van der Waals surface area contributed by atoms with Crippen molar-refractivity contribution in [2.45, 2.75) is 38.3 Å². The summed E-state index contributed by atoms with van der Waals surface area (Å²) in [5.74, 6) is 0.153. The fourth-order valence-corrected chi connectivity index (χ4v) is 3.04. The van der Waals surface area contributed by atoms with Crippen molar-refractivity contribution < 1.29 is 19.2 Å². The third-order valence-corrected chi connectivity index (χ3v) is 4.46. The third-order valence-electron chi connectivity index (χ3n) is 4.46. The predicted octanol–water partition coefficient (Wildman–Crippen LogP) is -0.788. The van der Waals surface area contributed by atoms with Crippen LogP contribution in [0, 0.1) is 18.3 Å². The zero-order chi connectivity index (χ0) is 20.4. The number of hydrogen-bond donors (Lipinski definition) is 3. The Bertz CT molecular complexity index is 626. The summed E-state index contributed by atoms with van der Waals surface area (Å²) in [5.41, 5.74) is 0. The highest BCUT2D eigenvalue weighted by Gasteiger charge is 2.40. The monoisotopic (exact) mass is 376 g/mol. The number of nitrogens with zero attached hydrogens (tertiary/aromatic N) is 1. The molecule has 27 heavy (non-hydrogen) atoms. The number of nitrogens with one attached hydrogen (secondary N) is 3. The fourth-order valence-electron chi connectivity index (χ4n) is 3.04. The second kappa shape index (κ2) is 11.1. The molecule has 0 aromatic carbocycles. The van der Waals surface area contributed by atoms with E-state index >= 15 is 0 Å². The largest absolute Gasteiger partial charge is 0.346 e. The normalized spacial score (nSPS) is 19.7. The maximum Gasteiger partial charge on any atom is 0.289 e. The van der Waals surface area contributed by atoms with E-state index < -0.39 is 29.7 Å². The quantitative estimate of drug-likeness (QED) is 0.263. The number of Topliss-reactive ketones (excluding diaryl/α,β-unsaturated/α-hetero) is 1. The molecule has 1 aliphatic heterocycles. The number of amides is 3. The first-order valence-corrected chi connectivity index (χ1v) is 8.98. The molecule has 0 aliphatic carbocycles. The van der Waals surface area contributed by atoms with Crippen LogP contribution in [0.1, 0.15) is 26.2 Å². The van der Waals surface area contributed by atoms with Gasteiger partial charge in [0.25, 0.3) is 5.91 Å². The summed E-state index contributed by atoms with van der Waals surface area (Å²) in [7, 11) is 1.66. The Kier molecular flexibility index (Phi) is 9.23. The number of carbonyl (C=O) groups excluding carboxylic acids is 4. The van der Waals surface area contributed by atoms with Crippen molar-refractivity contribution in [3.05, 3.63) is 12.7 Å². The molecule has 1 rings (SSSR count). The lowest BCUT2D eigenvalue weighted by Crippen LogP contribution is -2.55. The molecule has 0 spiro atoms. The molecule has 0 aromatic heterocycles. The van der Waals surface area contributed by atoms with Crippen LogP contribution in [0.4, 0.5) is 0 Å². The highest BCUT2D eigenvalue weighted by molar-refractivity contribution is 6.38. The minimum absolute atomic E-state index is 0.0521. The first-order valence-electron chi connectivity index (χ1n) is 8.98. The molecular weight excluding hydrogens is 348 g/mol. The highest BCUT2D eigenvalue weighted by atomic mass is 16.2. The molecule has 1 fully saturated rings. The lowest BCUT2D eigenvalue weighted by Gasteiger charge is -2.28. The van der Waals surface area contributed by atoms with E-state index in [0.29, 0.717) is 13.0 Å². The lowest BCUT2D eigenvalue weighted by molar-refractivity contribution is -0.142. The van der Waals surface area contributed by atoms with E-state index in [1.165, 1.54) is 11.0 Å². The topological polar surface area (TPSA) is 108 Å². The summed E-state index contributed by atoms with van der Waals surface area (Å²) in [6.45, 7) is 6.10. The van der Waals surface area contributed by atoms with E-state index in [1.807, 2.05) is 6.92 Å². The van der Waals surface area contributed by atoms with Crippen LogP contribution in [0.2, 0.25) is 0 Å². The lowest BCUT2D eigenvalue weighted by atomic mass is 10.00. The van der Waals surface area contributed by atoms with E-state index in [4.69, 9.17) is 6.42 Å². The van der Waals surface area contributed by atoms with Crippen molar-refractivity contribution in [3.8, 4) is 12.3 Å². The van der Waals surface area contributed by atoms with Crippen LogP contribution in [0.25, 0.3) is 0 Å². The van der Waals surface area contributed by atoms with Crippen molar-refractivity contribution in [3.63, 3.8) is 0 Å². The summed E-state index contributed by atoms with van der Waals surface area (Å²) in [5, 5.41) is 7.81. The highest BCUT2D eigenvalue weighted by Crippen LogP contribution is 2.24. The standard InChI is InChI=1S/C19H28N4O4/c1-5-7-8-14(17(25)19(27)21-10-6-2)22-18(26)16-13(3)9-11-23(16)15(24)12-20-4/h1,6,13-14,16,20H,2,7-12H2,3-4H3,(H,21,27)(H,22,26). The maximum absolute atomic E-state index is 12.8. The van der Waals surface area contributed by atoms with Gasteiger partial charge in [0.15, 0.2) is 0 Å². The average Bonchev–Trinajstić information content (AvgIpc) is 3.04.